The van der Waals surface area contributed by atoms with Gasteiger partial charge in [-0.3, -0.25) is 9.69 Å². The summed E-state index contributed by atoms with van der Waals surface area (Å²) in [4.78, 5) is 18.1. The Morgan fingerprint density at radius 2 is 1.55 bits per heavy atom. The molecule has 2 aromatic carbocycles. The molecule has 5 heteroatoms. The molecule has 5 nitrogen and oxygen atoms in total. The van der Waals surface area contributed by atoms with E-state index in [2.05, 4.69) is 36.1 Å². The maximum atomic E-state index is 13.7. The van der Waals surface area contributed by atoms with E-state index in [0.29, 0.717) is 0 Å². The monoisotopic (exact) mass is 394 g/mol. The van der Waals surface area contributed by atoms with Crippen LogP contribution in [0.15, 0.2) is 42.5 Å². The highest BCUT2D eigenvalue weighted by molar-refractivity contribution is 6.01. The molecule has 4 rings (SSSR count). The Morgan fingerprint density at radius 3 is 2.17 bits per heavy atom. The van der Waals surface area contributed by atoms with Crippen LogP contribution < -0.4 is 14.4 Å². The molecule has 1 unspecified atom stereocenters. The molecule has 0 saturated carbocycles. The van der Waals surface area contributed by atoms with Crippen molar-refractivity contribution in [2.45, 2.75) is 44.7 Å². The summed E-state index contributed by atoms with van der Waals surface area (Å²) in [5.41, 5.74) is 2.93. The van der Waals surface area contributed by atoms with Gasteiger partial charge in [-0.1, -0.05) is 17.7 Å². The lowest BCUT2D eigenvalue weighted by Crippen LogP contribution is -2.59. The standard InChI is InChI=1S/C24H30N2O3/c1-18-6-8-20(9-7-18)26-13-5-11-24(23(26)27)10-4-12-25(24)17-19-14-21(28-2)16-22(15-19)29-3/h6-9,14-16H,4-5,10-13,17H2,1-3H3. The van der Waals surface area contributed by atoms with Crippen molar-refractivity contribution in [1.82, 2.24) is 4.90 Å². The van der Waals surface area contributed by atoms with Crippen molar-refractivity contribution in [2.24, 2.45) is 0 Å². The summed E-state index contributed by atoms with van der Waals surface area (Å²) < 4.78 is 10.9. The molecule has 0 aromatic heterocycles. The molecular formula is C24H30N2O3. The minimum absolute atomic E-state index is 0.250. The van der Waals surface area contributed by atoms with Crippen LogP contribution in [-0.2, 0) is 11.3 Å². The number of anilines is 1. The fourth-order valence-electron chi connectivity index (χ4n) is 4.83. The molecule has 2 aliphatic heterocycles. The fourth-order valence-corrected chi connectivity index (χ4v) is 4.83. The first kappa shape index (κ1) is 19.8. The first-order valence-corrected chi connectivity index (χ1v) is 10.4. The Kier molecular flexibility index (Phi) is 5.50. The van der Waals surface area contributed by atoms with E-state index in [0.717, 1.165) is 68.1 Å². The van der Waals surface area contributed by atoms with E-state index in [1.165, 1.54) is 5.56 Å². The van der Waals surface area contributed by atoms with Gasteiger partial charge in [0.25, 0.3) is 0 Å². The van der Waals surface area contributed by atoms with Crippen molar-refractivity contribution >= 4 is 11.6 Å². The van der Waals surface area contributed by atoms with Gasteiger partial charge in [0, 0.05) is 24.8 Å². The second-order valence-corrected chi connectivity index (χ2v) is 8.17. The van der Waals surface area contributed by atoms with Gasteiger partial charge in [0.15, 0.2) is 0 Å². The van der Waals surface area contributed by atoms with E-state index in [1.807, 2.05) is 23.1 Å². The van der Waals surface area contributed by atoms with Crippen LogP contribution in [0, 0.1) is 6.92 Å². The number of carbonyl (C=O) groups is 1. The highest BCUT2D eigenvalue weighted by atomic mass is 16.5. The molecule has 1 spiro atoms. The molecule has 2 heterocycles. The molecule has 2 saturated heterocycles. The molecule has 0 bridgehead atoms. The van der Waals surface area contributed by atoms with Crippen LogP contribution in [0.5, 0.6) is 11.5 Å². The molecule has 0 N–H and O–H groups in total. The van der Waals surface area contributed by atoms with E-state index >= 15 is 0 Å². The summed E-state index contributed by atoms with van der Waals surface area (Å²) in [6, 6.07) is 14.3. The number of benzene rings is 2. The summed E-state index contributed by atoms with van der Waals surface area (Å²) in [6.45, 7) is 4.53. The van der Waals surface area contributed by atoms with Gasteiger partial charge in [-0.2, -0.15) is 0 Å². The van der Waals surface area contributed by atoms with Crippen LogP contribution >= 0.6 is 0 Å². The fraction of sp³-hybridized carbons (Fsp3) is 0.458. The number of hydrogen-bond donors (Lipinski definition) is 0. The molecule has 0 radical (unpaired) electrons. The highest BCUT2D eigenvalue weighted by Crippen LogP contribution is 2.41. The number of carbonyl (C=O) groups excluding carboxylic acids is 1. The third-order valence-electron chi connectivity index (χ3n) is 6.37. The first-order valence-electron chi connectivity index (χ1n) is 10.4. The summed E-state index contributed by atoms with van der Waals surface area (Å²) in [5, 5.41) is 0. The van der Waals surface area contributed by atoms with Gasteiger partial charge in [0.05, 0.1) is 14.2 Å². The van der Waals surface area contributed by atoms with E-state index in [9.17, 15) is 4.79 Å². The number of hydrogen-bond acceptors (Lipinski definition) is 4. The molecule has 1 amide bonds. The van der Waals surface area contributed by atoms with Gasteiger partial charge in [-0.05, 0) is 69.0 Å². The van der Waals surface area contributed by atoms with Crippen LogP contribution in [0.1, 0.15) is 36.8 Å². The number of nitrogens with zero attached hydrogens (tertiary/aromatic N) is 2. The Hall–Kier alpha value is -2.53. The number of methoxy groups -OCH3 is 2. The third-order valence-corrected chi connectivity index (χ3v) is 6.37. The maximum Gasteiger partial charge on any atom is 0.247 e. The van der Waals surface area contributed by atoms with E-state index in [-0.39, 0.29) is 5.91 Å². The maximum absolute atomic E-state index is 13.7. The lowest BCUT2D eigenvalue weighted by Gasteiger charge is -2.44. The normalized spacial score (nSPS) is 22.3. The molecular weight excluding hydrogens is 364 g/mol. The Balaban J connectivity index is 1.61. The average Bonchev–Trinajstić information content (AvgIpc) is 3.13. The smallest absolute Gasteiger partial charge is 0.247 e. The molecule has 154 valence electrons. The Bertz CT molecular complexity index is 858. The molecule has 2 fully saturated rings. The van der Waals surface area contributed by atoms with Crippen molar-refractivity contribution < 1.29 is 14.3 Å². The van der Waals surface area contributed by atoms with E-state index in [4.69, 9.17) is 9.47 Å². The summed E-state index contributed by atoms with van der Waals surface area (Å²) in [6.07, 6.45) is 3.93. The zero-order valence-corrected chi connectivity index (χ0v) is 17.6. The van der Waals surface area contributed by atoms with Gasteiger partial charge < -0.3 is 14.4 Å². The van der Waals surface area contributed by atoms with Crippen molar-refractivity contribution in [3.8, 4) is 11.5 Å². The van der Waals surface area contributed by atoms with E-state index < -0.39 is 5.54 Å². The lowest BCUT2D eigenvalue weighted by molar-refractivity contribution is -0.131. The van der Waals surface area contributed by atoms with Gasteiger partial charge in [-0.15, -0.1) is 0 Å². The van der Waals surface area contributed by atoms with Crippen LogP contribution in [0.3, 0.4) is 0 Å². The van der Waals surface area contributed by atoms with E-state index in [1.54, 1.807) is 14.2 Å². The van der Waals surface area contributed by atoms with Gasteiger partial charge in [0.2, 0.25) is 5.91 Å². The number of ether oxygens (including phenoxy) is 2. The van der Waals surface area contributed by atoms with Crippen LogP contribution in [0.25, 0.3) is 0 Å². The number of piperidine rings is 1. The average molecular weight is 395 g/mol. The number of aryl methyl sites for hydroxylation is 1. The third kappa shape index (κ3) is 3.71. The molecule has 1 atom stereocenters. The predicted octanol–water partition coefficient (Wildman–Crippen LogP) is 4.17. The molecule has 0 aliphatic carbocycles. The predicted molar refractivity (Wildman–Crippen MR) is 115 cm³/mol. The first-order chi connectivity index (χ1) is 14.1. The van der Waals surface area contributed by atoms with Crippen LogP contribution in [-0.4, -0.2) is 43.7 Å². The summed E-state index contributed by atoms with van der Waals surface area (Å²) in [7, 11) is 3.33. The quantitative estimate of drug-likeness (QED) is 0.763. The van der Waals surface area contributed by atoms with Crippen LogP contribution in [0.2, 0.25) is 0 Å². The van der Waals surface area contributed by atoms with Crippen molar-refractivity contribution in [3.63, 3.8) is 0 Å². The summed E-state index contributed by atoms with van der Waals surface area (Å²) >= 11 is 0. The number of likely N-dealkylation sites (tertiary alicyclic amines) is 1. The molecule has 2 aliphatic rings. The topological polar surface area (TPSA) is 42.0 Å². The van der Waals surface area contributed by atoms with Crippen LogP contribution in [0.4, 0.5) is 5.69 Å². The Labute approximate surface area is 173 Å². The Morgan fingerprint density at radius 1 is 0.931 bits per heavy atom. The largest absolute Gasteiger partial charge is 0.497 e. The summed E-state index contributed by atoms with van der Waals surface area (Å²) in [5.74, 6) is 1.81. The van der Waals surface area contributed by atoms with Gasteiger partial charge >= 0.3 is 0 Å². The minimum atomic E-state index is -0.403. The van der Waals surface area contributed by atoms with Gasteiger partial charge in [0.1, 0.15) is 17.0 Å². The zero-order valence-electron chi connectivity index (χ0n) is 17.6. The molecule has 29 heavy (non-hydrogen) atoms. The second-order valence-electron chi connectivity index (χ2n) is 8.17. The lowest BCUT2D eigenvalue weighted by atomic mass is 9.84. The SMILES string of the molecule is COc1cc(CN2CCCC23CCCN(c2ccc(C)cc2)C3=O)cc(OC)c1. The second kappa shape index (κ2) is 8.07. The molecule has 2 aromatic rings. The minimum Gasteiger partial charge on any atom is -0.497 e. The zero-order chi connectivity index (χ0) is 20.4. The number of rotatable bonds is 5. The highest BCUT2D eigenvalue weighted by Gasteiger charge is 2.50. The van der Waals surface area contributed by atoms with Crippen molar-refractivity contribution in [1.29, 1.82) is 0 Å². The van der Waals surface area contributed by atoms with Gasteiger partial charge in [-0.25, -0.2) is 0 Å². The van der Waals surface area contributed by atoms with Crippen molar-refractivity contribution in [3.05, 3.63) is 53.6 Å². The van der Waals surface area contributed by atoms with Crippen molar-refractivity contribution in [2.75, 3.05) is 32.2 Å². The number of amides is 1.